The number of ether oxygens (including phenoxy) is 3. The molecule has 1 aromatic heterocycles. The lowest BCUT2D eigenvalue weighted by Gasteiger charge is -2.13. The molecular formula is C25H30N4O3. The van der Waals surface area contributed by atoms with Crippen LogP contribution in [0.5, 0.6) is 23.1 Å². The average molecular weight is 435 g/mol. The fourth-order valence-electron chi connectivity index (χ4n) is 3.03. The van der Waals surface area contributed by atoms with Gasteiger partial charge in [0.1, 0.15) is 5.75 Å². The van der Waals surface area contributed by atoms with Crippen LogP contribution in [0.15, 0.2) is 71.9 Å². The molecule has 2 aromatic carbocycles. The molecule has 2 N–H and O–H groups in total. The quantitative estimate of drug-likeness (QED) is 0.360. The highest BCUT2D eigenvalue weighted by Gasteiger charge is 2.07. The van der Waals surface area contributed by atoms with E-state index in [1.807, 2.05) is 74.5 Å². The van der Waals surface area contributed by atoms with Crippen LogP contribution in [0.3, 0.4) is 0 Å². The zero-order valence-corrected chi connectivity index (χ0v) is 18.8. The Balaban J connectivity index is 1.61. The monoisotopic (exact) mass is 434 g/mol. The number of nitrogens with one attached hydrogen (secondary N) is 2. The second kappa shape index (κ2) is 12.2. The zero-order valence-electron chi connectivity index (χ0n) is 18.8. The van der Waals surface area contributed by atoms with Gasteiger partial charge in [-0.15, -0.1) is 0 Å². The van der Waals surface area contributed by atoms with Gasteiger partial charge < -0.3 is 24.8 Å². The summed E-state index contributed by atoms with van der Waals surface area (Å²) in [7, 11) is 1.67. The molecule has 0 fully saturated rings. The molecule has 0 aliphatic heterocycles. The first-order chi connectivity index (χ1) is 15.7. The van der Waals surface area contributed by atoms with Crippen LogP contribution >= 0.6 is 0 Å². The number of hydrogen-bond acceptors (Lipinski definition) is 5. The normalized spacial score (nSPS) is 11.0. The van der Waals surface area contributed by atoms with E-state index in [1.54, 1.807) is 13.3 Å². The van der Waals surface area contributed by atoms with Gasteiger partial charge in [-0.3, -0.25) is 0 Å². The second-order valence-electron chi connectivity index (χ2n) is 6.85. The molecule has 0 bridgehead atoms. The molecule has 0 amide bonds. The Hall–Kier alpha value is -3.74. The molecule has 0 unspecified atom stereocenters. The van der Waals surface area contributed by atoms with Crippen molar-refractivity contribution in [3.05, 3.63) is 78.0 Å². The van der Waals surface area contributed by atoms with Crippen LogP contribution in [0, 0.1) is 0 Å². The number of hydrogen-bond donors (Lipinski definition) is 2. The van der Waals surface area contributed by atoms with Crippen molar-refractivity contribution in [3.63, 3.8) is 0 Å². The topological polar surface area (TPSA) is 77.0 Å². The van der Waals surface area contributed by atoms with Crippen molar-refractivity contribution >= 4 is 5.96 Å². The van der Waals surface area contributed by atoms with Gasteiger partial charge in [-0.2, -0.15) is 0 Å². The lowest BCUT2D eigenvalue weighted by Crippen LogP contribution is -2.36. The molecule has 3 rings (SSSR count). The Labute approximate surface area is 189 Å². The van der Waals surface area contributed by atoms with Gasteiger partial charge in [0, 0.05) is 30.9 Å². The third-order valence-corrected chi connectivity index (χ3v) is 4.56. The van der Waals surface area contributed by atoms with E-state index in [1.165, 1.54) is 0 Å². The number of aromatic nitrogens is 1. The Kier molecular flexibility index (Phi) is 8.74. The molecule has 0 spiro atoms. The number of para-hydroxylation sites is 3. The van der Waals surface area contributed by atoms with E-state index in [0.717, 1.165) is 29.4 Å². The summed E-state index contributed by atoms with van der Waals surface area (Å²) in [5.41, 5.74) is 2.04. The molecule has 0 atom stereocenters. The summed E-state index contributed by atoms with van der Waals surface area (Å²) in [5.74, 6) is 3.42. The van der Waals surface area contributed by atoms with Gasteiger partial charge in [-0.1, -0.05) is 36.4 Å². The van der Waals surface area contributed by atoms with Crippen LogP contribution in [-0.2, 0) is 13.1 Å². The first-order valence-electron chi connectivity index (χ1n) is 10.7. The molecule has 1 heterocycles. The largest absolute Gasteiger partial charge is 0.496 e. The Morgan fingerprint density at radius 3 is 2.34 bits per heavy atom. The van der Waals surface area contributed by atoms with E-state index in [2.05, 4.69) is 20.6 Å². The van der Waals surface area contributed by atoms with Crippen molar-refractivity contribution in [2.45, 2.75) is 26.9 Å². The van der Waals surface area contributed by atoms with E-state index in [4.69, 9.17) is 14.2 Å². The zero-order chi connectivity index (χ0) is 22.6. The number of rotatable bonds is 10. The second-order valence-corrected chi connectivity index (χ2v) is 6.85. The summed E-state index contributed by atoms with van der Waals surface area (Å²) in [6.45, 7) is 6.42. The number of pyridine rings is 1. The summed E-state index contributed by atoms with van der Waals surface area (Å²) >= 11 is 0. The van der Waals surface area contributed by atoms with Gasteiger partial charge in [0.05, 0.1) is 20.3 Å². The lowest BCUT2D eigenvalue weighted by molar-refractivity contribution is 0.319. The fraction of sp³-hybridized carbons (Fsp3) is 0.280. The minimum absolute atomic E-state index is 0.490. The molecule has 32 heavy (non-hydrogen) atoms. The maximum absolute atomic E-state index is 5.88. The molecule has 0 aliphatic rings. The molecule has 0 aliphatic carbocycles. The van der Waals surface area contributed by atoms with E-state index < -0.39 is 0 Å². The van der Waals surface area contributed by atoms with Gasteiger partial charge in [-0.05, 0) is 37.6 Å². The van der Waals surface area contributed by atoms with Crippen LogP contribution in [0.2, 0.25) is 0 Å². The van der Waals surface area contributed by atoms with Crippen molar-refractivity contribution in [3.8, 4) is 23.1 Å². The van der Waals surface area contributed by atoms with Crippen molar-refractivity contribution in [1.29, 1.82) is 0 Å². The van der Waals surface area contributed by atoms with Gasteiger partial charge in [-0.25, -0.2) is 9.98 Å². The molecular weight excluding hydrogens is 404 g/mol. The standard InChI is InChI=1S/C25H30N4O3/c1-4-26-25(29-18-20-10-6-7-11-21(20)30-3)28-17-19-14-15-24(27-16-19)32-23-13-9-8-12-22(23)31-5-2/h6-16H,4-5,17-18H2,1-3H3,(H2,26,28,29). The number of nitrogens with zero attached hydrogens (tertiary/aromatic N) is 2. The maximum atomic E-state index is 5.88. The summed E-state index contributed by atoms with van der Waals surface area (Å²) < 4.78 is 16.9. The van der Waals surface area contributed by atoms with Crippen molar-refractivity contribution in [2.75, 3.05) is 20.3 Å². The molecule has 168 valence electrons. The number of aliphatic imine (C=N–C) groups is 1. The van der Waals surface area contributed by atoms with Crippen LogP contribution in [-0.4, -0.2) is 31.2 Å². The lowest BCUT2D eigenvalue weighted by atomic mass is 10.2. The highest BCUT2D eigenvalue weighted by molar-refractivity contribution is 5.79. The fourth-order valence-corrected chi connectivity index (χ4v) is 3.03. The predicted octanol–water partition coefficient (Wildman–Crippen LogP) is 4.54. The third-order valence-electron chi connectivity index (χ3n) is 4.56. The SMILES string of the molecule is CCNC(=NCc1ccc(Oc2ccccc2OCC)nc1)NCc1ccccc1OC. The number of methoxy groups -OCH3 is 1. The molecule has 0 saturated carbocycles. The number of guanidine groups is 1. The van der Waals surface area contributed by atoms with E-state index in [9.17, 15) is 0 Å². The summed E-state index contributed by atoms with van der Waals surface area (Å²) in [6, 6.07) is 19.3. The van der Waals surface area contributed by atoms with Crippen molar-refractivity contribution in [1.82, 2.24) is 15.6 Å². The van der Waals surface area contributed by atoms with Crippen molar-refractivity contribution < 1.29 is 14.2 Å². The average Bonchev–Trinajstić information content (AvgIpc) is 2.83. The highest BCUT2D eigenvalue weighted by atomic mass is 16.5. The minimum Gasteiger partial charge on any atom is -0.496 e. The van der Waals surface area contributed by atoms with Crippen LogP contribution < -0.4 is 24.8 Å². The van der Waals surface area contributed by atoms with E-state index >= 15 is 0 Å². The predicted molar refractivity (Wildman–Crippen MR) is 127 cm³/mol. The first kappa shape index (κ1) is 22.9. The third kappa shape index (κ3) is 6.63. The molecule has 7 nitrogen and oxygen atoms in total. The van der Waals surface area contributed by atoms with E-state index in [-0.39, 0.29) is 0 Å². The smallest absolute Gasteiger partial charge is 0.219 e. The molecule has 3 aromatic rings. The Morgan fingerprint density at radius 1 is 0.906 bits per heavy atom. The highest BCUT2D eigenvalue weighted by Crippen LogP contribution is 2.30. The summed E-state index contributed by atoms with van der Waals surface area (Å²) in [5, 5.41) is 6.61. The first-order valence-corrected chi connectivity index (χ1v) is 10.7. The van der Waals surface area contributed by atoms with Gasteiger partial charge in [0.2, 0.25) is 5.88 Å². The van der Waals surface area contributed by atoms with Gasteiger partial charge >= 0.3 is 0 Å². The summed E-state index contributed by atoms with van der Waals surface area (Å²) in [6.07, 6.45) is 1.77. The van der Waals surface area contributed by atoms with Gasteiger partial charge in [0.15, 0.2) is 17.5 Å². The molecule has 0 saturated heterocycles. The number of benzene rings is 2. The van der Waals surface area contributed by atoms with Crippen LogP contribution in [0.25, 0.3) is 0 Å². The molecule has 7 heteroatoms. The minimum atomic E-state index is 0.490. The van der Waals surface area contributed by atoms with Gasteiger partial charge in [0.25, 0.3) is 0 Å². The molecule has 0 radical (unpaired) electrons. The van der Waals surface area contributed by atoms with Crippen molar-refractivity contribution in [2.24, 2.45) is 4.99 Å². The Morgan fingerprint density at radius 2 is 1.66 bits per heavy atom. The van der Waals surface area contributed by atoms with E-state index in [0.29, 0.717) is 37.1 Å². The van der Waals surface area contributed by atoms with Crippen LogP contribution in [0.4, 0.5) is 0 Å². The maximum Gasteiger partial charge on any atom is 0.219 e. The Bertz CT molecular complexity index is 1010. The van der Waals surface area contributed by atoms with Crippen LogP contribution in [0.1, 0.15) is 25.0 Å². The summed E-state index contributed by atoms with van der Waals surface area (Å²) in [4.78, 5) is 9.07.